The quantitative estimate of drug-likeness (QED) is 0.508. The van der Waals surface area contributed by atoms with E-state index in [1.165, 1.54) is 0 Å². The largest absolute Gasteiger partial charge is 0.256 e. The van der Waals surface area contributed by atoms with E-state index in [4.69, 9.17) is 0 Å². The van der Waals surface area contributed by atoms with Gasteiger partial charge in [-0.05, 0) is 12.1 Å². The molecule has 0 N–H and O–H groups in total. The maximum absolute atomic E-state index is 4.22. The van der Waals surface area contributed by atoms with Crippen molar-refractivity contribution >= 4 is 24.5 Å². The van der Waals surface area contributed by atoms with Gasteiger partial charge in [0.2, 0.25) is 0 Å². The molecule has 56 valence electrons. The third kappa shape index (κ3) is 2.24. The summed E-state index contributed by atoms with van der Waals surface area (Å²) in [4.78, 5) is 4.99. The monoisotopic (exact) mass is 163 g/mol. The third-order valence-electron chi connectivity index (χ3n) is 1.20. The summed E-state index contributed by atoms with van der Waals surface area (Å²) < 4.78 is 0. The molecule has 0 radical (unpaired) electrons. The number of allylic oxidation sites excluding steroid dienone is 1. The van der Waals surface area contributed by atoms with Crippen LogP contribution in [0, 0.1) is 0 Å². The van der Waals surface area contributed by atoms with Gasteiger partial charge in [-0.1, -0.05) is 24.8 Å². The highest BCUT2D eigenvalue weighted by atomic mass is 32.1. The van der Waals surface area contributed by atoms with Crippen molar-refractivity contribution in [3.05, 3.63) is 36.9 Å². The van der Waals surface area contributed by atoms with E-state index < -0.39 is 0 Å². The van der Waals surface area contributed by atoms with Gasteiger partial charge in [-0.3, -0.25) is 4.99 Å². The normalized spacial score (nSPS) is 10.3. The smallest absolute Gasteiger partial charge is 0.0762 e. The highest BCUT2D eigenvalue weighted by Crippen LogP contribution is 2.20. The van der Waals surface area contributed by atoms with E-state index in [2.05, 4.69) is 24.2 Å². The Hall–Kier alpha value is -1.02. The standard InChI is InChI=1S/C9H9NS/c1-2-7-10-8-5-3-4-6-9(8)11/h2-7,11H,1H2. The Bertz CT molecular complexity index is 279. The molecule has 1 nitrogen and oxygen atoms in total. The lowest BCUT2D eigenvalue weighted by Gasteiger charge is -1.94. The molecule has 1 aromatic carbocycles. The lowest BCUT2D eigenvalue weighted by molar-refractivity contribution is 1.39. The van der Waals surface area contributed by atoms with Crippen molar-refractivity contribution in [1.29, 1.82) is 0 Å². The molecule has 0 spiro atoms. The summed E-state index contributed by atoms with van der Waals surface area (Å²) in [6.45, 7) is 3.53. The van der Waals surface area contributed by atoms with E-state index in [-0.39, 0.29) is 0 Å². The Morgan fingerprint density at radius 1 is 1.36 bits per heavy atom. The first-order chi connectivity index (χ1) is 5.34. The zero-order chi connectivity index (χ0) is 8.10. The highest BCUT2D eigenvalue weighted by Gasteiger charge is 1.90. The maximum Gasteiger partial charge on any atom is 0.0762 e. The average molecular weight is 163 g/mol. The van der Waals surface area contributed by atoms with E-state index in [9.17, 15) is 0 Å². The van der Waals surface area contributed by atoms with Crippen LogP contribution in [0.3, 0.4) is 0 Å². The Labute approximate surface area is 71.9 Å². The molecule has 0 amide bonds. The van der Waals surface area contributed by atoms with Gasteiger partial charge in [-0.25, -0.2) is 0 Å². The number of thiol groups is 1. The van der Waals surface area contributed by atoms with Crippen molar-refractivity contribution < 1.29 is 0 Å². The molecule has 1 aromatic rings. The third-order valence-corrected chi connectivity index (χ3v) is 1.58. The van der Waals surface area contributed by atoms with Gasteiger partial charge >= 0.3 is 0 Å². The Morgan fingerprint density at radius 3 is 2.73 bits per heavy atom. The summed E-state index contributed by atoms with van der Waals surface area (Å²) in [5, 5.41) is 0. The number of hydrogen-bond donors (Lipinski definition) is 1. The number of aliphatic imine (C=N–C) groups is 1. The van der Waals surface area contributed by atoms with Crippen LogP contribution in [0.15, 0.2) is 46.8 Å². The minimum Gasteiger partial charge on any atom is -0.256 e. The van der Waals surface area contributed by atoms with Crippen molar-refractivity contribution in [3.8, 4) is 0 Å². The van der Waals surface area contributed by atoms with Gasteiger partial charge in [0.05, 0.1) is 5.69 Å². The molecule has 0 fully saturated rings. The van der Waals surface area contributed by atoms with Gasteiger partial charge in [0, 0.05) is 11.1 Å². The molecule has 0 atom stereocenters. The van der Waals surface area contributed by atoms with Crippen molar-refractivity contribution in [2.45, 2.75) is 4.90 Å². The predicted octanol–water partition coefficient (Wildman–Crippen LogP) is 2.86. The van der Waals surface area contributed by atoms with Gasteiger partial charge < -0.3 is 0 Å². The van der Waals surface area contributed by atoms with Crippen molar-refractivity contribution in [3.63, 3.8) is 0 Å². The number of rotatable bonds is 2. The summed E-state index contributed by atoms with van der Waals surface area (Å²) in [6, 6.07) is 7.66. The second-order valence-electron chi connectivity index (χ2n) is 2.00. The Kier molecular flexibility index (Phi) is 2.93. The minimum atomic E-state index is 0.871. The predicted molar refractivity (Wildman–Crippen MR) is 52.0 cm³/mol. The second kappa shape index (κ2) is 3.98. The molecule has 0 aliphatic carbocycles. The van der Waals surface area contributed by atoms with Crippen LogP contribution in [-0.2, 0) is 0 Å². The summed E-state index contributed by atoms with van der Waals surface area (Å²) in [6.07, 6.45) is 3.29. The first-order valence-electron chi connectivity index (χ1n) is 3.27. The van der Waals surface area contributed by atoms with Crippen LogP contribution >= 0.6 is 12.6 Å². The summed E-state index contributed by atoms with van der Waals surface area (Å²) in [7, 11) is 0. The minimum absolute atomic E-state index is 0.871. The molecule has 2 heteroatoms. The van der Waals surface area contributed by atoms with Gasteiger partial charge in [0.1, 0.15) is 0 Å². The van der Waals surface area contributed by atoms with Crippen LogP contribution < -0.4 is 0 Å². The first kappa shape index (κ1) is 8.08. The Morgan fingerprint density at radius 2 is 2.09 bits per heavy atom. The van der Waals surface area contributed by atoms with Gasteiger partial charge in [-0.2, -0.15) is 0 Å². The van der Waals surface area contributed by atoms with Crippen LogP contribution in [0.5, 0.6) is 0 Å². The fourth-order valence-corrected chi connectivity index (χ4v) is 0.925. The SMILES string of the molecule is C=CC=Nc1ccccc1S. The van der Waals surface area contributed by atoms with E-state index in [1.54, 1.807) is 12.3 Å². The van der Waals surface area contributed by atoms with E-state index in [1.807, 2.05) is 24.3 Å². The fraction of sp³-hybridized carbons (Fsp3) is 0. The lowest BCUT2D eigenvalue weighted by atomic mass is 10.3. The van der Waals surface area contributed by atoms with Crippen LogP contribution in [0.2, 0.25) is 0 Å². The molecule has 0 saturated carbocycles. The molecular weight excluding hydrogens is 154 g/mol. The summed E-state index contributed by atoms with van der Waals surface area (Å²) in [5.74, 6) is 0. The molecular formula is C9H9NS. The fourth-order valence-electron chi connectivity index (χ4n) is 0.706. The van der Waals surface area contributed by atoms with Gasteiger partial charge in [-0.15, -0.1) is 12.6 Å². The number of para-hydroxylation sites is 1. The lowest BCUT2D eigenvalue weighted by Crippen LogP contribution is -1.68. The average Bonchev–Trinajstić information content (AvgIpc) is 2.03. The highest BCUT2D eigenvalue weighted by molar-refractivity contribution is 7.80. The summed E-state index contributed by atoms with van der Waals surface area (Å²) >= 11 is 4.22. The van der Waals surface area contributed by atoms with Crippen molar-refractivity contribution in [2.24, 2.45) is 4.99 Å². The zero-order valence-electron chi connectivity index (χ0n) is 6.07. The van der Waals surface area contributed by atoms with Crippen LogP contribution in [-0.4, -0.2) is 6.21 Å². The first-order valence-corrected chi connectivity index (χ1v) is 3.72. The van der Waals surface area contributed by atoms with Gasteiger partial charge in [0.15, 0.2) is 0 Å². The molecule has 0 unspecified atom stereocenters. The van der Waals surface area contributed by atoms with Crippen LogP contribution in [0.4, 0.5) is 5.69 Å². The number of hydrogen-bond acceptors (Lipinski definition) is 2. The summed E-state index contributed by atoms with van der Waals surface area (Å²) in [5.41, 5.74) is 0.871. The zero-order valence-corrected chi connectivity index (χ0v) is 6.96. The molecule has 0 aliphatic rings. The Balaban J connectivity index is 2.94. The van der Waals surface area contributed by atoms with E-state index in [0.29, 0.717) is 0 Å². The van der Waals surface area contributed by atoms with Crippen molar-refractivity contribution in [2.75, 3.05) is 0 Å². The topological polar surface area (TPSA) is 12.4 Å². The number of nitrogens with zero attached hydrogens (tertiary/aromatic N) is 1. The number of benzene rings is 1. The molecule has 0 bridgehead atoms. The molecule has 0 heterocycles. The molecule has 0 aliphatic heterocycles. The van der Waals surface area contributed by atoms with Crippen LogP contribution in [0.1, 0.15) is 0 Å². The van der Waals surface area contributed by atoms with Gasteiger partial charge in [0.25, 0.3) is 0 Å². The van der Waals surface area contributed by atoms with E-state index in [0.717, 1.165) is 10.6 Å². The second-order valence-corrected chi connectivity index (χ2v) is 2.48. The molecule has 0 saturated heterocycles. The molecule has 11 heavy (non-hydrogen) atoms. The van der Waals surface area contributed by atoms with Crippen molar-refractivity contribution in [1.82, 2.24) is 0 Å². The molecule has 0 aromatic heterocycles. The van der Waals surface area contributed by atoms with Crippen LogP contribution in [0.25, 0.3) is 0 Å². The van der Waals surface area contributed by atoms with E-state index >= 15 is 0 Å². The maximum atomic E-state index is 4.22. The molecule has 1 rings (SSSR count).